The van der Waals surface area contributed by atoms with Crippen molar-refractivity contribution in [1.82, 2.24) is 9.21 Å². The van der Waals surface area contributed by atoms with Gasteiger partial charge >= 0.3 is 0 Å². The highest BCUT2D eigenvalue weighted by atomic mass is 32.2. The van der Waals surface area contributed by atoms with Crippen LogP contribution in [0.25, 0.3) is 0 Å². The number of anilines is 1. The van der Waals surface area contributed by atoms with E-state index in [2.05, 4.69) is 10.2 Å². The molecule has 1 N–H and O–H groups in total. The second kappa shape index (κ2) is 8.60. The molecule has 0 atom stereocenters. The van der Waals surface area contributed by atoms with Gasteiger partial charge < -0.3 is 10.2 Å². The first-order valence-electron chi connectivity index (χ1n) is 8.78. The summed E-state index contributed by atoms with van der Waals surface area (Å²) in [5.41, 5.74) is 0.762. The maximum Gasteiger partial charge on any atom is 0.243 e. The van der Waals surface area contributed by atoms with Crippen LogP contribution in [0.1, 0.15) is 6.42 Å². The second-order valence-electron chi connectivity index (χ2n) is 6.36. The molecule has 0 bridgehead atoms. The summed E-state index contributed by atoms with van der Waals surface area (Å²) in [6.07, 6.45) is 0.347. The number of nitrogens with one attached hydrogen (secondary N) is 1. The minimum atomic E-state index is -3.61. The number of nitrogens with zero attached hydrogens (tertiary/aromatic N) is 2. The molecular weight excluding hydrogens is 369 g/mol. The van der Waals surface area contributed by atoms with E-state index in [-0.39, 0.29) is 10.8 Å². The summed E-state index contributed by atoms with van der Waals surface area (Å²) >= 11 is 0. The van der Waals surface area contributed by atoms with Gasteiger partial charge in [-0.25, -0.2) is 12.8 Å². The van der Waals surface area contributed by atoms with Gasteiger partial charge in [0.2, 0.25) is 15.9 Å². The molecule has 0 saturated carbocycles. The maximum absolute atomic E-state index is 13.0. The Morgan fingerprint density at radius 1 is 0.963 bits per heavy atom. The van der Waals surface area contributed by atoms with Crippen molar-refractivity contribution in [3.8, 4) is 0 Å². The first-order valence-corrected chi connectivity index (χ1v) is 10.2. The Bertz CT molecular complexity index is 865. The van der Waals surface area contributed by atoms with Crippen molar-refractivity contribution in [2.24, 2.45) is 0 Å². The number of piperazine rings is 1. The number of carbonyl (C=O) groups excluding carboxylic acids is 1. The summed E-state index contributed by atoms with van der Waals surface area (Å²) < 4.78 is 39.6. The van der Waals surface area contributed by atoms with Crippen LogP contribution in [-0.2, 0) is 14.8 Å². The molecule has 0 aromatic heterocycles. The summed E-state index contributed by atoms with van der Waals surface area (Å²) in [6, 6.07) is 14.1. The van der Waals surface area contributed by atoms with Crippen LogP contribution >= 0.6 is 0 Å². The highest BCUT2D eigenvalue weighted by Crippen LogP contribution is 2.18. The number of benzene rings is 2. The van der Waals surface area contributed by atoms with Gasteiger partial charge in [0.1, 0.15) is 5.82 Å². The predicted octanol–water partition coefficient (Wildman–Crippen LogP) is 2.16. The summed E-state index contributed by atoms with van der Waals surface area (Å²) in [7, 11) is -3.61. The molecule has 1 saturated heterocycles. The molecule has 0 unspecified atom stereocenters. The third kappa shape index (κ3) is 5.12. The van der Waals surface area contributed by atoms with E-state index in [9.17, 15) is 17.6 Å². The van der Waals surface area contributed by atoms with Gasteiger partial charge in [0.25, 0.3) is 0 Å². The Morgan fingerprint density at radius 2 is 1.59 bits per heavy atom. The van der Waals surface area contributed by atoms with Crippen LogP contribution in [0, 0.1) is 5.82 Å². The van der Waals surface area contributed by atoms with Gasteiger partial charge in [0, 0.05) is 44.8 Å². The minimum Gasteiger partial charge on any atom is -0.326 e. The highest BCUT2D eigenvalue weighted by molar-refractivity contribution is 7.89. The summed E-state index contributed by atoms with van der Waals surface area (Å²) in [6.45, 7) is 2.38. The van der Waals surface area contributed by atoms with Crippen LogP contribution in [0.3, 0.4) is 0 Å². The molecule has 0 radical (unpaired) electrons. The number of rotatable bonds is 6. The smallest absolute Gasteiger partial charge is 0.243 e. The molecule has 1 amide bonds. The van der Waals surface area contributed by atoms with E-state index in [0.29, 0.717) is 39.1 Å². The van der Waals surface area contributed by atoms with Crippen LogP contribution < -0.4 is 5.32 Å². The molecule has 0 spiro atoms. The van der Waals surface area contributed by atoms with E-state index in [4.69, 9.17) is 0 Å². The Hall–Kier alpha value is -2.29. The van der Waals surface area contributed by atoms with Gasteiger partial charge in [-0.2, -0.15) is 4.31 Å². The van der Waals surface area contributed by atoms with Crippen LogP contribution in [0.15, 0.2) is 59.5 Å². The summed E-state index contributed by atoms with van der Waals surface area (Å²) in [5.74, 6) is -0.532. The molecule has 2 aromatic rings. The van der Waals surface area contributed by atoms with Crippen LogP contribution in [0.2, 0.25) is 0 Å². The number of sulfonamides is 1. The first kappa shape index (κ1) is 19.5. The number of amides is 1. The summed E-state index contributed by atoms with van der Waals surface area (Å²) in [4.78, 5) is 14.2. The van der Waals surface area contributed by atoms with E-state index < -0.39 is 15.8 Å². The molecule has 1 fully saturated rings. The molecule has 6 nitrogen and oxygen atoms in total. The van der Waals surface area contributed by atoms with E-state index in [1.165, 1.54) is 16.4 Å². The quantitative estimate of drug-likeness (QED) is 0.819. The maximum atomic E-state index is 13.0. The Morgan fingerprint density at radius 3 is 2.22 bits per heavy atom. The molecular formula is C19H22FN3O3S. The Kier molecular flexibility index (Phi) is 6.20. The molecule has 1 aliphatic rings. The van der Waals surface area contributed by atoms with Crippen molar-refractivity contribution < 1.29 is 17.6 Å². The zero-order valence-electron chi connectivity index (χ0n) is 14.8. The van der Waals surface area contributed by atoms with Crippen molar-refractivity contribution in [2.75, 3.05) is 38.0 Å². The molecule has 1 aliphatic heterocycles. The standard InChI is InChI=1S/C19H22FN3O3S/c20-16-6-8-18(9-7-16)27(25,26)23-14-12-22(13-15-23)11-10-19(24)21-17-4-2-1-3-5-17/h1-9H,10-15H2,(H,21,24). The normalized spacial score (nSPS) is 16.2. The monoisotopic (exact) mass is 391 g/mol. The lowest BCUT2D eigenvalue weighted by molar-refractivity contribution is -0.116. The zero-order valence-corrected chi connectivity index (χ0v) is 15.7. The third-order valence-electron chi connectivity index (χ3n) is 4.50. The molecule has 2 aromatic carbocycles. The third-order valence-corrected chi connectivity index (χ3v) is 6.41. The van der Waals surface area contributed by atoms with Gasteiger partial charge in [0.05, 0.1) is 4.90 Å². The van der Waals surface area contributed by atoms with Gasteiger partial charge in [0.15, 0.2) is 0 Å². The molecule has 1 heterocycles. The lowest BCUT2D eigenvalue weighted by Crippen LogP contribution is -2.49. The number of hydrogen-bond donors (Lipinski definition) is 1. The van der Waals surface area contributed by atoms with Crippen LogP contribution in [0.4, 0.5) is 10.1 Å². The lowest BCUT2D eigenvalue weighted by Gasteiger charge is -2.33. The van der Waals surface area contributed by atoms with Gasteiger partial charge in [-0.15, -0.1) is 0 Å². The Labute approximate surface area is 158 Å². The zero-order chi connectivity index (χ0) is 19.3. The average molecular weight is 391 g/mol. The largest absolute Gasteiger partial charge is 0.326 e. The number of carbonyl (C=O) groups is 1. The topological polar surface area (TPSA) is 69.7 Å². The van der Waals surface area contributed by atoms with Crippen molar-refractivity contribution in [3.05, 3.63) is 60.4 Å². The van der Waals surface area contributed by atoms with Gasteiger partial charge in [-0.05, 0) is 36.4 Å². The highest BCUT2D eigenvalue weighted by Gasteiger charge is 2.28. The Balaban J connectivity index is 1.47. The average Bonchev–Trinajstić information content (AvgIpc) is 2.68. The SMILES string of the molecule is O=C(CCN1CCN(S(=O)(=O)c2ccc(F)cc2)CC1)Nc1ccccc1. The summed E-state index contributed by atoms with van der Waals surface area (Å²) in [5, 5.41) is 2.84. The van der Waals surface area contributed by atoms with Gasteiger partial charge in [-0.3, -0.25) is 4.79 Å². The van der Waals surface area contributed by atoms with Crippen molar-refractivity contribution in [3.63, 3.8) is 0 Å². The number of hydrogen-bond acceptors (Lipinski definition) is 4. The molecule has 144 valence electrons. The molecule has 3 rings (SSSR count). The van der Waals surface area contributed by atoms with Crippen molar-refractivity contribution in [2.45, 2.75) is 11.3 Å². The fourth-order valence-corrected chi connectivity index (χ4v) is 4.38. The van der Waals surface area contributed by atoms with Crippen molar-refractivity contribution in [1.29, 1.82) is 0 Å². The predicted molar refractivity (Wildman–Crippen MR) is 101 cm³/mol. The van der Waals surface area contributed by atoms with Gasteiger partial charge in [-0.1, -0.05) is 18.2 Å². The lowest BCUT2D eigenvalue weighted by atomic mass is 10.3. The van der Waals surface area contributed by atoms with E-state index in [1.54, 1.807) is 0 Å². The number of para-hydroxylation sites is 1. The van der Waals surface area contributed by atoms with Crippen LogP contribution in [0.5, 0.6) is 0 Å². The minimum absolute atomic E-state index is 0.0671. The fourth-order valence-electron chi connectivity index (χ4n) is 2.95. The molecule has 8 heteroatoms. The number of halogens is 1. The first-order chi connectivity index (χ1) is 12.9. The second-order valence-corrected chi connectivity index (χ2v) is 8.30. The molecule has 0 aliphatic carbocycles. The van der Waals surface area contributed by atoms with Crippen LogP contribution in [-0.4, -0.2) is 56.3 Å². The van der Waals surface area contributed by atoms with E-state index in [0.717, 1.165) is 17.8 Å². The fraction of sp³-hybridized carbons (Fsp3) is 0.316. The van der Waals surface area contributed by atoms with E-state index in [1.807, 2.05) is 30.3 Å². The van der Waals surface area contributed by atoms with E-state index >= 15 is 0 Å². The van der Waals surface area contributed by atoms with Crippen molar-refractivity contribution >= 4 is 21.6 Å². The molecule has 27 heavy (non-hydrogen) atoms.